The number of rotatable bonds is 4. The average Bonchev–Trinajstić information content (AvgIpc) is 3.23. The van der Waals surface area contributed by atoms with Gasteiger partial charge in [0.25, 0.3) is 5.56 Å². The minimum atomic E-state index is -0.476. The van der Waals surface area contributed by atoms with Crippen molar-refractivity contribution in [3.05, 3.63) is 50.7 Å². The third-order valence-corrected chi connectivity index (χ3v) is 6.29. The highest BCUT2D eigenvalue weighted by molar-refractivity contribution is 5.81. The van der Waals surface area contributed by atoms with E-state index in [1.807, 2.05) is 24.3 Å². The van der Waals surface area contributed by atoms with Crippen molar-refractivity contribution in [2.45, 2.75) is 45.4 Å². The minimum absolute atomic E-state index is 0.0316. The van der Waals surface area contributed by atoms with Crippen molar-refractivity contribution in [2.24, 2.45) is 17.8 Å². The fourth-order valence-electron chi connectivity index (χ4n) is 4.52. The number of fused-ring (bicyclic) bond motifs is 2. The number of nitrogens with zero attached hydrogens (tertiary/aromatic N) is 6. The van der Waals surface area contributed by atoms with Crippen molar-refractivity contribution in [3.8, 4) is 17.6 Å². The van der Waals surface area contributed by atoms with Crippen molar-refractivity contribution in [1.29, 1.82) is 0 Å². The molecule has 176 valence electrons. The number of benzene rings is 1. The second-order valence-electron chi connectivity index (χ2n) is 8.60. The number of piperidine rings is 1. The Morgan fingerprint density at radius 1 is 1.24 bits per heavy atom. The summed E-state index contributed by atoms with van der Waals surface area (Å²) in [7, 11) is 1.62. The quantitative estimate of drug-likeness (QED) is 0.576. The topological polar surface area (TPSA) is 113 Å². The number of para-hydroxylation sites is 1. The molecule has 2 aromatic heterocycles. The highest BCUT2D eigenvalue weighted by Gasteiger charge is 2.27. The lowest BCUT2D eigenvalue weighted by molar-refractivity contribution is 0.487. The van der Waals surface area contributed by atoms with Crippen molar-refractivity contribution in [3.63, 3.8) is 0 Å². The van der Waals surface area contributed by atoms with Crippen LogP contribution in [0.3, 0.4) is 0 Å². The van der Waals surface area contributed by atoms with Crippen LogP contribution >= 0.6 is 0 Å². The van der Waals surface area contributed by atoms with Gasteiger partial charge in [0.1, 0.15) is 12.3 Å². The number of hydrogen-bond donors (Lipinski definition) is 1. The van der Waals surface area contributed by atoms with Crippen LogP contribution in [0.5, 0.6) is 5.75 Å². The Morgan fingerprint density at radius 2 is 2.06 bits per heavy atom. The molecule has 0 saturated carbocycles. The van der Waals surface area contributed by atoms with Gasteiger partial charge < -0.3 is 15.4 Å². The summed E-state index contributed by atoms with van der Waals surface area (Å²) in [6, 6.07) is 7.62. The summed E-state index contributed by atoms with van der Waals surface area (Å²) in [5, 5.41) is 0. The first-order valence-corrected chi connectivity index (χ1v) is 11.4. The lowest BCUT2D eigenvalue weighted by Crippen LogP contribution is -2.44. The third kappa shape index (κ3) is 3.78. The molecule has 0 spiro atoms. The first-order valence-electron chi connectivity index (χ1n) is 11.4. The van der Waals surface area contributed by atoms with Crippen LogP contribution < -0.4 is 26.6 Å². The first-order chi connectivity index (χ1) is 16.5. The van der Waals surface area contributed by atoms with Gasteiger partial charge in [-0.05, 0) is 25.8 Å². The van der Waals surface area contributed by atoms with Crippen LogP contribution in [0.2, 0.25) is 0 Å². The second-order valence-corrected chi connectivity index (χ2v) is 8.60. The SMILES string of the molecule is CC#CCn1c(N2CCCC(N)C2)nc2c1c(=O)n(CC1=NCc3ccccc3O1)c(=O)n2C. The molecule has 2 aliphatic rings. The predicted octanol–water partition coefficient (Wildman–Crippen LogP) is 0.839. The zero-order valence-corrected chi connectivity index (χ0v) is 19.3. The van der Waals surface area contributed by atoms with Gasteiger partial charge in [-0.3, -0.25) is 13.9 Å². The molecule has 3 aromatic rings. The van der Waals surface area contributed by atoms with E-state index in [9.17, 15) is 9.59 Å². The molecule has 5 rings (SSSR count). The van der Waals surface area contributed by atoms with E-state index in [-0.39, 0.29) is 19.1 Å². The number of aliphatic imine (C=N–C) groups is 1. The van der Waals surface area contributed by atoms with Gasteiger partial charge in [-0.25, -0.2) is 14.4 Å². The summed E-state index contributed by atoms with van der Waals surface area (Å²) in [5.41, 5.74) is 6.90. The van der Waals surface area contributed by atoms with Gasteiger partial charge in [-0.2, -0.15) is 4.98 Å². The maximum atomic E-state index is 13.7. The summed E-state index contributed by atoms with van der Waals surface area (Å²) in [6.45, 7) is 3.82. The van der Waals surface area contributed by atoms with E-state index in [2.05, 4.69) is 21.7 Å². The predicted molar refractivity (Wildman–Crippen MR) is 130 cm³/mol. The van der Waals surface area contributed by atoms with Crippen LogP contribution in [0.4, 0.5) is 5.95 Å². The Labute approximate surface area is 196 Å². The summed E-state index contributed by atoms with van der Waals surface area (Å²) in [5.74, 6) is 7.54. The van der Waals surface area contributed by atoms with Crippen LogP contribution in [-0.2, 0) is 26.7 Å². The minimum Gasteiger partial charge on any atom is -0.441 e. The van der Waals surface area contributed by atoms with Crippen molar-refractivity contribution >= 4 is 23.0 Å². The summed E-state index contributed by atoms with van der Waals surface area (Å²) >= 11 is 0. The summed E-state index contributed by atoms with van der Waals surface area (Å²) in [4.78, 5) is 38.1. The van der Waals surface area contributed by atoms with Gasteiger partial charge >= 0.3 is 5.69 Å². The fraction of sp³-hybridized carbons (Fsp3) is 0.417. The molecule has 0 amide bonds. The summed E-state index contributed by atoms with van der Waals surface area (Å²) in [6.07, 6.45) is 1.88. The van der Waals surface area contributed by atoms with E-state index >= 15 is 0 Å². The molecule has 0 radical (unpaired) electrons. The normalized spacial score (nSPS) is 17.6. The van der Waals surface area contributed by atoms with Gasteiger partial charge in [0, 0.05) is 31.7 Å². The van der Waals surface area contributed by atoms with Crippen molar-refractivity contribution in [1.82, 2.24) is 18.7 Å². The maximum Gasteiger partial charge on any atom is 0.332 e. The Hall–Kier alpha value is -3.84. The number of hydrogen-bond acceptors (Lipinski definition) is 7. The molecular weight excluding hydrogens is 434 g/mol. The van der Waals surface area contributed by atoms with Crippen LogP contribution in [0, 0.1) is 11.8 Å². The number of anilines is 1. The fourth-order valence-corrected chi connectivity index (χ4v) is 4.52. The molecule has 2 aliphatic heterocycles. The molecule has 1 aromatic carbocycles. The number of ether oxygens (including phenoxy) is 1. The first kappa shape index (κ1) is 22.0. The Kier molecular flexibility index (Phi) is 5.71. The molecule has 2 N–H and O–H groups in total. The molecule has 10 heteroatoms. The molecule has 34 heavy (non-hydrogen) atoms. The number of aryl methyl sites for hydroxylation is 1. The van der Waals surface area contributed by atoms with Crippen LogP contribution in [0.15, 0.2) is 38.8 Å². The van der Waals surface area contributed by atoms with E-state index in [1.54, 1.807) is 18.5 Å². The lowest BCUT2D eigenvalue weighted by atomic mass is 10.1. The molecular formula is C24H27N7O3. The van der Waals surface area contributed by atoms with Gasteiger partial charge in [-0.1, -0.05) is 24.1 Å². The zero-order chi connectivity index (χ0) is 23.8. The van der Waals surface area contributed by atoms with E-state index in [4.69, 9.17) is 15.5 Å². The maximum absolute atomic E-state index is 13.7. The van der Waals surface area contributed by atoms with Crippen LogP contribution in [0.25, 0.3) is 11.2 Å². The Morgan fingerprint density at radius 3 is 2.85 bits per heavy atom. The summed E-state index contributed by atoms with van der Waals surface area (Å²) < 4.78 is 10.2. The zero-order valence-electron chi connectivity index (χ0n) is 19.3. The molecule has 1 unspecified atom stereocenters. The number of imidazole rings is 1. The van der Waals surface area contributed by atoms with Crippen LogP contribution in [-0.4, -0.2) is 43.7 Å². The molecule has 1 saturated heterocycles. The Bertz CT molecular complexity index is 1470. The molecule has 0 aliphatic carbocycles. The lowest BCUT2D eigenvalue weighted by Gasteiger charge is -2.31. The third-order valence-electron chi connectivity index (χ3n) is 6.29. The van der Waals surface area contributed by atoms with Crippen molar-refractivity contribution < 1.29 is 4.74 Å². The van der Waals surface area contributed by atoms with E-state index in [0.29, 0.717) is 41.8 Å². The highest BCUT2D eigenvalue weighted by atomic mass is 16.5. The van der Waals surface area contributed by atoms with Gasteiger partial charge in [0.15, 0.2) is 11.2 Å². The standard InChI is InChI=1S/C24H27N7O3/c1-3-4-12-30-20-21(27-23(30)29-11-7-9-17(25)14-29)28(2)24(33)31(22(20)32)15-19-26-13-16-8-5-6-10-18(16)34-19/h5-6,8,10,17H,7,9,11-15,25H2,1-2H3. The molecule has 1 fully saturated rings. The highest BCUT2D eigenvalue weighted by Crippen LogP contribution is 2.24. The van der Waals surface area contributed by atoms with Crippen molar-refractivity contribution in [2.75, 3.05) is 18.0 Å². The van der Waals surface area contributed by atoms with Crippen LogP contribution in [0.1, 0.15) is 25.3 Å². The average molecular weight is 462 g/mol. The van der Waals surface area contributed by atoms with Gasteiger partial charge in [-0.15, -0.1) is 5.92 Å². The second kappa shape index (κ2) is 8.83. The molecule has 1 atom stereocenters. The van der Waals surface area contributed by atoms with E-state index in [1.165, 1.54) is 4.57 Å². The van der Waals surface area contributed by atoms with E-state index < -0.39 is 11.2 Å². The molecule has 0 bridgehead atoms. The largest absolute Gasteiger partial charge is 0.441 e. The monoisotopic (exact) mass is 461 g/mol. The smallest absolute Gasteiger partial charge is 0.332 e. The van der Waals surface area contributed by atoms with Gasteiger partial charge in [0.05, 0.1) is 13.1 Å². The van der Waals surface area contributed by atoms with E-state index in [0.717, 1.165) is 29.5 Å². The Balaban J connectivity index is 1.61. The van der Waals surface area contributed by atoms with Gasteiger partial charge in [0.2, 0.25) is 11.8 Å². The molecule has 10 nitrogen and oxygen atoms in total. The molecule has 4 heterocycles. The number of nitrogens with two attached hydrogens (primary N) is 1. The number of aromatic nitrogens is 4.